The Morgan fingerprint density at radius 3 is 2.58 bits per heavy atom. The number of nitrogens with one attached hydrogen (secondary N) is 2. The fourth-order valence-electron chi connectivity index (χ4n) is 2.84. The molecule has 2 aromatic carbocycles. The average Bonchev–Trinajstić information content (AvgIpc) is 2.65. The van der Waals surface area contributed by atoms with Crippen LogP contribution >= 0.6 is 0 Å². The Morgan fingerprint density at radius 2 is 1.81 bits per heavy atom. The van der Waals surface area contributed by atoms with E-state index in [0.717, 1.165) is 0 Å². The first-order valence-electron chi connectivity index (χ1n) is 8.61. The van der Waals surface area contributed by atoms with E-state index in [-0.39, 0.29) is 18.0 Å². The first kappa shape index (κ1) is 18.0. The summed E-state index contributed by atoms with van der Waals surface area (Å²) in [5.41, 5.74) is 0.0485. The lowest BCUT2D eigenvalue weighted by atomic mass is 9.84. The van der Waals surface area contributed by atoms with Crippen LogP contribution in [0.5, 0.6) is 11.5 Å². The van der Waals surface area contributed by atoms with Crippen molar-refractivity contribution in [1.29, 1.82) is 0 Å². The Balaban J connectivity index is 1.47. The highest BCUT2D eigenvalue weighted by molar-refractivity contribution is 5.74. The summed E-state index contributed by atoms with van der Waals surface area (Å²) in [4.78, 5) is 12.1. The van der Waals surface area contributed by atoms with E-state index in [1.807, 2.05) is 38.1 Å². The van der Waals surface area contributed by atoms with E-state index in [4.69, 9.17) is 9.47 Å². The summed E-state index contributed by atoms with van der Waals surface area (Å²) in [6, 6.07) is 13.7. The number of fused-ring (bicyclic) bond motifs is 1. The predicted octanol–water partition coefficient (Wildman–Crippen LogP) is 3.24. The minimum atomic E-state index is -0.522. The minimum Gasteiger partial charge on any atom is -0.486 e. The van der Waals surface area contributed by atoms with Gasteiger partial charge in [-0.2, -0.15) is 0 Å². The molecule has 0 bridgehead atoms. The van der Waals surface area contributed by atoms with Crippen molar-refractivity contribution in [2.75, 3.05) is 19.7 Å². The van der Waals surface area contributed by atoms with E-state index in [9.17, 15) is 9.18 Å². The highest BCUT2D eigenvalue weighted by Crippen LogP contribution is 2.30. The average molecular weight is 358 g/mol. The summed E-state index contributed by atoms with van der Waals surface area (Å²) in [6.45, 7) is 4.78. The molecule has 1 unspecified atom stereocenters. The highest BCUT2D eigenvalue weighted by Gasteiger charge is 2.25. The van der Waals surface area contributed by atoms with Crippen molar-refractivity contribution >= 4 is 6.03 Å². The standard InChI is InChI=1S/C20H23FN2O3/c1-20(2,15-7-3-4-8-16(15)21)13-23-19(24)22-11-14-12-25-17-9-5-6-10-18(17)26-14/h3-10,14H,11-13H2,1-2H3,(H2,22,23,24). The molecule has 6 heteroatoms. The van der Waals surface area contributed by atoms with Crippen molar-refractivity contribution in [1.82, 2.24) is 10.6 Å². The normalized spacial score (nSPS) is 16.0. The molecule has 2 amide bonds. The van der Waals surface area contributed by atoms with Gasteiger partial charge < -0.3 is 20.1 Å². The van der Waals surface area contributed by atoms with Crippen LogP contribution in [0.15, 0.2) is 48.5 Å². The maximum Gasteiger partial charge on any atom is 0.314 e. The van der Waals surface area contributed by atoms with Gasteiger partial charge in [-0.05, 0) is 23.8 Å². The molecule has 1 atom stereocenters. The highest BCUT2D eigenvalue weighted by atomic mass is 19.1. The van der Waals surface area contributed by atoms with Crippen LogP contribution in [0.1, 0.15) is 19.4 Å². The Hall–Kier alpha value is -2.76. The monoisotopic (exact) mass is 358 g/mol. The van der Waals surface area contributed by atoms with Gasteiger partial charge in [0.05, 0.1) is 6.54 Å². The first-order chi connectivity index (χ1) is 12.5. The predicted molar refractivity (Wildman–Crippen MR) is 97.2 cm³/mol. The number of benzene rings is 2. The molecule has 5 nitrogen and oxygen atoms in total. The lowest BCUT2D eigenvalue weighted by Crippen LogP contribution is -2.47. The number of amides is 2. The van der Waals surface area contributed by atoms with Gasteiger partial charge in [-0.3, -0.25) is 0 Å². The van der Waals surface area contributed by atoms with Crippen LogP contribution in [0.3, 0.4) is 0 Å². The zero-order valence-electron chi connectivity index (χ0n) is 14.9. The maximum atomic E-state index is 14.0. The van der Waals surface area contributed by atoms with Crippen LogP contribution in [0.4, 0.5) is 9.18 Å². The van der Waals surface area contributed by atoms with Gasteiger partial charge in [-0.1, -0.05) is 44.2 Å². The summed E-state index contributed by atoms with van der Waals surface area (Å²) in [5, 5.41) is 5.57. The van der Waals surface area contributed by atoms with E-state index in [2.05, 4.69) is 10.6 Å². The number of rotatable bonds is 5. The molecule has 0 aromatic heterocycles. The molecule has 26 heavy (non-hydrogen) atoms. The van der Waals surface area contributed by atoms with Crippen molar-refractivity contribution in [2.45, 2.75) is 25.4 Å². The molecular weight excluding hydrogens is 335 g/mol. The second-order valence-corrected chi connectivity index (χ2v) is 6.92. The molecule has 0 fully saturated rings. The van der Waals surface area contributed by atoms with E-state index >= 15 is 0 Å². The van der Waals surface area contributed by atoms with Crippen LogP contribution in [-0.2, 0) is 5.41 Å². The van der Waals surface area contributed by atoms with Gasteiger partial charge in [0.2, 0.25) is 0 Å². The van der Waals surface area contributed by atoms with Gasteiger partial charge in [0, 0.05) is 12.0 Å². The van der Waals surface area contributed by atoms with E-state index < -0.39 is 5.41 Å². The molecule has 2 aromatic rings. The third-order valence-corrected chi connectivity index (χ3v) is 4.35. The zero-order chi connectivity index (χ0) is 18.6. The smallest absolute Gasteiger partial charge is 0.314 e. The molecule has 2 N–H and O–H groups in total. The number of urea groups is 1. The fourth-order valence-corrected chi connectivity index (χ4v) is 2.84. The van der Waals surface area contributed by atoms with Crippen LogP contribution in [-0.4, -0.2) is 31.8 Å². The van der Waals surface area contributed by atoms with Crippen molar-refractivity contribution < 1.29 is 18.7 Å². The second-order valence-electron chi connectivity index (χ2n) is 6.92. The van der Waals surface area contributed by atoms with Crippen LogP contribution in [0.2, 0.25) is 0 Å². The van der Waals surface area contributed by atoms with Crippen molar-refractivity contribution in [3.8, 4) is 11.5 Å². The molecule has 0 saturated carbocycles. The van der Waals surface area contributed by atoms with Gasteiger partial charge >= 0.3 is 6.03 Å². The number of carbonyl (C=O) groups is 1. The molecule has 0 radical (unpaired) electrons. The number of hydrogen-bond donors (Lipinski definition) is 2. The summed E-state index contributed by atoms with van der Waals surface area (Å²) < 4.78 is 25.4. The molecule has 0 spiro atoms. The molecule has 0 saturated heterocycles. The van der Waals surface area contributed by atoms with Gasteiger partial charge in [-0.15, -0.1) is 0 Å². The van der Waals surface area contributed by atoms with E-state index in [0.29, 0.717) is 36.8 Å². The summed E-state index contributed by atoms with van der Waals surface area (Å²) >= 11 is 0. The number of hydrogen-bond acceptors (Lipinski definition) is 3. The Bertz CT molecular complexity index is 779. The third-order valence-electron chi connectivity index (χ3n) is 4.35. The van der Waals surface area contributed by atoms with E-state index in [1.165, 1.54) is 6.07 Å². The molecule has 0 aliphatic carbocycles. The Kier molecular flexibility index (Phi) is 5.30. The number of halogens is 1. The molecule has 1 aliphatic rings. The van der Waals surface area contributed by atoms with Crippen molar-refractivity contribution in [3.63, 3.8) is 0 Å². The van der Waals surface area contributed by atoms with Gasteiger partial charge in [0.15, 0.2) is 17.6 Å². The topological polar surface area (TPSA) is 59.6 Å². The Morgan fingerprint density at radius 1 is 1.12 bits per heavy atom. The summed E-state index contributed by atoms with van der Waals surface area (Å²) in [6.07, 6.45) is -0.254. The van der Waals surface area contributed by atoms with Gasteiger partial charge in [0.25, 0.3) is 0 Å². The quantitative estimate of drug-likeness (QED) is 0.863. The van der Waals surface area contributed by atoms with Gasteiger partial charge in [-0.25, -0.2) is 9.18 Å². The second kappa shape index (κ2) is 7.64. The number of ether oxygens (including phenoxy) is 2. The third kappa shape index (κ3) is 4.25. The van der Waals surface area contributed by atoms with Crippen LogP contribution in [0.25, 0.3) is 0 Å². The lowest BCUT2D eigenvalue weighted by Gasteiger charge is -2.28. The van der Waals surface area contributed by atoms with Crippen LogP contribution in [0, 0.1) is 5.82 Å². The minimum absolute atomic E-state index is 0.254. The van der Waals surface area contributed by atoms with Crippen LogP contribution < -0.4 is 20.1 Å². The lowest BCUT2D eigenvalue weighted by molar-refractivity contribution is 0.0917. The summed E-state index contributed by atoms with van der Waals surface area (Å²) in [7, 11) is 0. The summed E-state index contributed by atoms with van der Waals surface area (Å²) in [5.74, 6) is 1.11. The SMILES string of the molecule is CC(C)(CNC(=O)NCC1COc2ccccc2O1)c1ccccc1F. The maximum absolute atomic E-state index is 14.0. The molecule has 1 heterocycles. The van der Waals surface area contributed by atoms with Gasteiger partial charge in [0.1, 0.15) is 12.4 Å². The molecule has 138 valence electrons. The fraction of sp³-hybridized carbons (Fsp3) is 0.350. The largest absolute Gasteiger partial charge is 0.486 e. The van der Waals surface area contributed by atoms with Crippen molar-refractivity contribution in [2.24, 2.45) is 0 Å². The Labute approximate surface area is 152 Å². The number of carbonyl (C=O) groups excluding carboxylic acids is 1. The number of para-hydroxylation sites is 2. The zero-order valence-corrected chi connectivity index (χ0v) is 14.9. The first-order valence-corrected chi connectivity index (χ1v) is 8.61. The molecular formula is C20H23FN2O3. The molecule has 3 rings (SSSR count). The van der Waals surface area contributed by atoms with Crippen molar-refractivity contribution in [3.05, 3.63) is 59.9 Å². The molecule has 1 aliphatic heterocycles. The van der Waals surface area contributed by atoms with E-state index in [1.54, 1.807) is 18.2 Å².